The molecule has 0 spiro atoms. The van der Waals surface area contributed by atoms with Crippen molar-refractivity contribution in [2.75, 3.05) is 5.32 Å². The van der Waals surface area contributed by atoms with E-state index in [9.17, 15) is 14.4 Å². The molecule has 6 heteroatoms. The summed E-state index contributed by atoms with van der Waals surface area (Å²) in [5, 5.41) is 2.75. The van der Waals surface area contributed by atoms with Gasteiger partial charge in [0.05, 0.1) is 16.8 Å². The maximum atomic E-state index is 12.5. The van der Waals surface area contributed by atoms with Crippen LogP contribution in [0.3, 0.4) is 0 Å². The van der Waals surface area contributed by atoms with Gasteiger partial charge in [0.2, 0.25) is 5.91 Å². The van der Waals surface area contributed by atoms with Crippen molar-refractivity contribution in [2.45, 2.75) is 19.9 Å². The quantitative estimate of drug-likeness (QED) is 0.822. The van der Waals surface area contributed by atoms with Crippen LogP contribution in [0.2, 0.25) is 0 Å². The molecular formula is C18H15BrN2O3. The maximum absolute atomic E-state index is 12.5. The summed E-state index contributed by atoms with van der Waals surface area (Å²) in [5.41, 5.74) is 2.31. The van der Waals surface area contributed by atoms with E-state index in [1.54, 1.807) is 37.3 Å². The van der Waals surface area contributed by atoms with Crippen LogP contribution in [0.1, 0.15) is 33.2 Å². The average molecular weight is 387 g/mol. The number of imide groups is 1. The predicted molar refractivity (Wildman–Crippen MR) is 93.9 cm³/mol. The van der Waals surface area contributed by atoms with E-state index in [0.29, 0.717) is 16.8 Å². The van der Waals surface area contributed by atoms with Crippen molar-refractivity contribution >= 4 is 39.3 Å². The smallest absolute Gasteiger partial charge is 0.262 e. The van der Waals surface area contributed by atoms with Crippen molar-refractivity contribution < 1.29 is 14.4 Å². The molecule has 2 aromatic rings. The molecular weight excluding hydrogens is 372 g/mol. The summed E-state index contributed by atoms with van der Waals surface area (Å²) in [4.78, 5) is 38.4. The van der Waals surface area contributed by atoms with Crippen LogP contribution in [0.15, 0.2) is 46.9 Å². The number of carbonyl (C=O) groups is 3. The third-order valence-electron chi connectivity index (χ3n) is 3.97. The molecule has 0 saturated heterocycles. The number of fused-ring (bicyclic) bond motifs is 1. The van der Waals surface area contributed by atoms with E-state index in [0.717, 1.165) is 14.9 Å². The van der Waals surface area contributed by atoms with Gasteiger partial charge in [0.1, 0.15) is 6.04 Å². The number of rotatable bonds is 3. The number of amides is 3. The molecule has 0 fully saturated rings. The van der Waals surface area contributed by atoms with Crippen molar-refractivity contribution in [3.63, 3.8) is 0 Å². The molecule has 3 rings (SSSR count). The number of nitrogens with one attached hydrogen (secondary N) is 1. The van der Waals surface area contributed by atoms with E-state index in [1.165, 1.54) is 0 Å². The lowest BCUT2D eigenvalue weighted by Crippen LogP contribution is -2.45. The zero-order chi connectivity index (χ0) is 17.4. The fourth-order valence-corrected chi connectivity index (χ4v) is 3.23. The molecule has 3 amide bonds. The monoisotopic (exact) mass is 386 g/mol. The summed E-state index contributed by atoms with van der Waals surface area (Å²) in [5.74, 6) is -1.31. The summed E-state index contributed by atoms with van der Waals surface area (Å²) in [6.07, 6.45) is 0. The number of nitrogens with zero attached hydrogens (tertiary/aromatic N) is 1. The van der Waals surface area contributed by atoms with E-state index in [4.69, 9.17) is 0 Å². The molecule has 1 atom stereocenters. The number of hydrogen-bond donors (Lipinski definition) is 1. The molecule has 24 heavy (non-hydrogen) atoms. The van der Waals surface area contributed by atoms with Gasteiger partial charge in [0.15, 0.2) is 0 Å². The Balaban J connectivity index is 1.82. The molecule has 2 aromatic carbocycles. The van der Waals surface area contributed by atoms with Gasteiger partial charge in [0.25, 0.3) is 11.8 Å². The number of anilines is 1. The molecule has 0 aliphatic carbocycles. The Morgan fingerprint density at radius 1 is 1.08 bits per heavy atom. The van der Waals surface area contributed by atoms with Gasteiger partial charge in [-0.2, -0.15) is 0 Å². The Morgan fingerprint density at radius 2 is 1.67 bits per heavy atom. The molecule has 5 nitrogen and oxygen atoms in total. The number of aryl methyl sites for hydroxylation is 1. The standard InChI is InChI=1S/C18H15BrN2O3/c1-10-7-8-15(14(19)9-10)20-16(22)11(2)21-17(23)12-5-3-4-6-13(12)18(21)24/h3-9,11H,1-2H3,(H,20,22)/t11-/m0/s1. The highest BCUT2D eigenvalue weighted by Gasteiger charge is 2.40. The topological polar surface area (TPSA) is 66.5 Å². The zero-order valence-electron chi connectivity index (χ0n) is 13.2. The van der Waals surface area contributed by atoms with Gasteiger partial charge < -0.3 is 5.32 Å². The van der Waals surface area contributed by atoms with E-state index in [2.05, 4.69) is 21.2 Å². The van der Waals surface area contributed by atoms with E-state index >= 15 is 0 Å². The summed E-state index contributed by atoms with van der Waals surface area (Å²) < 4.78 is 0.741. The molecule has 1 aliphatic rings. The largest absolute Gasteiger partial charge is 0.323 e. The van der Waals surface area contributed by atoms with Crippen LogP contribution in [0, 0.1) is 6.92 Å². The van der Waals surface area contributed by atoms with Gasteiger partial charge in [-0.3, -0.25) is 19.3 Å². The molecule has 1 heterocycles. The van der Waals surface area contributed by atoms with Crippen molar-refractivity contribution in [3.8, 4) is 0 Å². The van der Waals surface area contributed by atoms with E-state index in [1.807, 2.05) is 19.1 Å². The first-order chi connectivity index (χ1) is 11.4. The Hall–Kier alpha value is -2.47. The van der Waals surface area contributed by atoms with Gasteiger partial charge in [-0.1, -0.05) is 18.2 Å². The number of halogens is 1. The Kier molecular flexibility index (Phi) is 4.24. The highest BCUT2D eigenvalue weighted by atomic mass is 79.9. The second kappa shape index (κ2) is 6.20. The predicted octanol–water partition coefficient (Wildman–Crippen LogP) is 3.38. The lowest BCUT2D eigenvalue weighted by molar-refractivity contribution is -0.119. The van der Waals surface area contributed by atoms with E-state index in [-0.39, 0.29) is 0 Å². The fourth-order valence-electron chi connectivity index (χ4n) is 2.64. The van der Waals surface area contributed by atoms with E-state index < -0.39 is 23.8 Å². The van der Waals surface area contributed by atoms with Crippen LogP contribution < -0.4 is 5.32 Å². The van der Waals surface area contributed by atoms with Crippen molar-refractivity contribution in [2.24, 2.45) is 0 Å². The molecule has 0 radical (unpaired) electrons. The van der Waals surface area contributed by atoms with Crippen LogP contribution >= 0.6 is 15.9 Å². The third-order valence-corrected chi connectivity index (χ3v) is 4.63. The summed E-state index contributed by atoms with van der Waals surface area (Å²) in [6, 6.07) is 11.2. The lowest BCUT2D eigenvalue weighted by Gasteiger charge is -2.22. The van der Waals surface area contributed by atoms with Crippen LogP contribution in [0.25, 0.3) is 0 Å². The van der Waals surface area contributed by atoms with Crippen LogP contribution in [0.4, 0.5) is 5.69 Å². The van der Waals surface area contributed by atoms with Gasteiger partial charge in [-0.05, 0) is 59.6 Å². The number of benzene rings is 2. The van der Waals surface area contributed by atoms with Crippen LogP contribution in [-0.2, 0) is 4.79 Å². The summed E-state index contributed by atoms with van der Waals surface area (Å²) in [7, 11) is 0. The van der Waals surface area contributed by atoms with Crippen molar-refractivity contribution in [1.82, 2.24) is 4.90 Å². The first-order valence-electron chi connectivity index (χ1n) is 7.44. The first-order valence-corrected chi connectivity index (χ1v) is 8.23. The Labute approximate surface area is 147 Å². The summed E-state index contributed by atoms with van der Waals surface area (Å²) >= 11 is 3.39. The average Bonchev–Trinajstić information content (AvgIpc) is 2.81. The summed E-state index contributed by atoms with van der Waals surface area (Å²) in [6.45, 7) is 3.48. The highest BCUT2D eigenvalue weighted by molar-refractivity contribution is 9.10. The SMILES string of the molecule is Cc1ccc(NC(=O)[C@H](C)N2C(=O)c3ccccc3C2=O)c(Br)c1. The minimum atomic E-state index is -0.911. The Morgan fingerprint density at radius 3 is 2.21 bits per heavy atom. The lowest BCUT2D eigenvalue weighted by atomic mass is 10.1. The molecule has 0 aromatic heterocycles. The molecule has 0 bridgehead atoms. The molecule has 1 aliphatic heterocycles. The second-order valence-corrected chi connectivity index (χ2v) is 6.53. The third kappa shape index (κ3) is 2.73. The zero-order valence-corrected chi connectivity index (χ0v) is 14.8. The molecule has 0 unspecified atom stereocenters. The molecule has 122 valence electrons. The normalized spacial score (nSPS) is 14.5. The highest BCUT2D eigenvalue weighted by Crippen LogP contribution is 2.27. The van der Waals surface area contributed by atoms with Crippen LogP contribution in [0.5, 0.6) is 0 Å². The van der Waals surface area contributed by atoms with Crippen molar-refractivity contribution in [3.05, 3.63) is 63.6 Å². The first kappa shape index (κ1) is 16.4. The fraction of sp³-hybridized carbons (Fsp3) is 0.167. The maximum Gasteiger partial charge on any atom is 0.262 e. The number of hydrogen-bond acceptors (Lipinski definition) is 3. The Bertz CT molecular complexity index is 828. The van der Waals surface area contributed by atoms with Crippen molar-refractivity contribution in [1.29, 1.82) is 0 Å². The second-order valence-electron chi connectivity index (χ2n) is 5.67. The van der Waals surface area contributed by atoms with Crippen LogP contribution in [-0.4, -0.2) is 28.7 Å². The van der Waals surface area contributed by atoms with Gasteiger partial charge >= 0.3 is 0 Å². The molecule has 0 saturated carbocycles. The minimum Gasteiger partial charge on any atom is -0.323 e. The van der Waals surface area contributed by atoms with Gasteiger partial charge in [0, 0.05) is 4.47 Å². The molecule has 1 N–H and O–H groups in total. The van der Waals surface area contributed by atoms with Gasteiger partial charge in [-0.15, -0.1) is 0 Å². The van der Waals surface area contributed by atoms with Gasteiger partial charge in [-0.25, -0.2) is 0 Å². The minimum absolute atomic E-state index is 0.332. The number of carbonyl (C=O) groups excluding carboxylic acids is 3.